The zero-order valence-electron chi connectivity index (χ0n) is 18.1. The van der Waals surface area contributed by atoms with Crippen LogP contribution in [0.5, 0.6) is 0 Å². The molecule has 0 atom stereocenters. The highest BCUT2D eigenvalue weighted by Gasteiger charge is 2.39. The third-order valence-electron chi connectivity index (χ3n) is 6.76. The minimum absolute atomic E-state index is 0.165. The average Bonchev–Trinajstić information content (AvgIpc) is 2.79. The SMILES string of the molecule is CCCC1COC(C2CCC(O)(c3ccc(-c4ccc(F)c(F)c4F)c(F)c3)CC2)OC1. The quantitative estimate of drug-likeness (QED) is 0.442. The Hall–Kier alpha value is -1.96. The summed E-state index contributed by atoms with van der Waals surface area (Å²) in [5, 5.41) is 11.2. The lowest BCUT2D eigenvalue weighted by Gasteiger charge is -2.41. The van der Waals surface area contributed by atoms with Crippen LogP contribution < -0.4 is 0 Å². The van der Waals surface area contributed by atoms with Crippen molar-refractivity contribution in [1.29, 1.82) is 0 Å². The fourth-order valence-electron chi connectivity index (χ4n) is 4.84. The molecule has 1 saturated carbocycles. The van der Waals surface area contributed by atoms with Gasteiger partial charge >= 0.3 is 0 Å². The Morgan fingerprint density at radius 3 is 2.19 bits per heavy atom. The second kappa shape index (κ2) is 9.49. The van der Waals surface area contributed by atoms with Gasteiger partial charge in [0.25, 0.3) is 0 Å². The van der Waals surface area contributed by atoms with Crippen LogP contribution in [0.4, 0.5) is 17.6 Å². The molecule has 2 aliphatic rings. The molecule has 3 nitrogen and oxygen atoms in total. The van der Waals surface area contributed by atoms with Crippen molar-refractivity contribution < 1.29 is 32.1 Å². The third kappa shape index (κ3) is 4.56. The van der Waals surface area contributed by atoms with E-state index in [1.165, 1.54) is 12.1 Å². The molecule has 174 valence electrons. The van der Waals surface area contributed by atoms with Crippen molar-refractivity contribution >= 4 is 0 Å². The van der Waals surface area contributed by atoms with Crippen LogP contribution in [0.25, 0.3) is 11.1 Å². The van der Waals surface area contributed by atoms with Crippen molar-refractivity contribution in [3.05, 3.63) is 59.2 Å². The van der Waals surface area contributed by atoms with E-state index >= 15 is 0 Å². The summed E-state index contributed by atoms with van der Waals surface area (Å²) in [7, 11) is 0. The molecule has 2 fully saturated rings. The van der Waals surface area contributed by atoms with E-state index in [0.29, 0.717) is 50.4 Å². The highest BCUT2D eigenvalue weighted by atomic mass is 19.2. The minimum Gasteiger partial charge on any atom is -0.385 e. The largest absolute Gasteiger partial charge is 0.385 e. The Kier molecular flexibility index (Phi) is 6.89. The molecule has 1 heterocycles. The van der Waals surface area contributed by atoms with Crippen molar-refractivity contribution in [3.63, 3.8) is 0 Å². The number of halogens is 4. The fourth-order valence-corrected chi connectivity index (χ4v) is 4.84. The molecule has 2 aromatic rings. The summed E-state index contributed by atoms with van der Waals surface area (Å²) < 4.78 is 67.5. The second-order valence-electron chi connectivity index (χ2n) is 8.98. The zero-order chi connectivity index (χ0) is 22.9. The lowest BCUT2D eigenvalue weighted by Crippen LogP contribution is -2.41. The highest BCUT2D eigenvalue weighted by molar-refractivity contribution is 5.65. The summed E-state index contributed by atoms with van der Waals surface area (Å²) in [6.45, 7) is 3.51. The minimum atomic E-state index is -1.64. The molecule has 0 unspecified atom stereocenters. The smallest absolute Gasteiger partial charge is 0.195 e. The van der Waals surface area contributed by atoms with Gasteiger partial charge in [-0.1, -0.05) is 25.5 Å². The summed E-state index contributed by atoms with van der Waals surface area (Å²) in [6, 6.07) is 5.73. The first kappa shape index (κ1) is 23.2. The van der Waals surface area contributed by atoms with E-state index in [2.05, 4.69) is 6.92 Å². The van der Waals surface area contributed by atoms with Gasteiger partial charge in [0.05, 0.1) is 18.8 Å². The summed E-state index contributed by atoms with van der Waals surface area (Å²) >= 11 is 0. The summed E-state index contributed by atoms with van der Waals surface area (Å²) in [4.78, 5) is 0. The standard InChI is InChI=1S/C25H28F4O3/c1-2-3-15-13-31-24(32-14-15)16-8-10-25(30,11-9-16)17-4-5-18(21(27)12-17)19-6-7-20(26)23(29)22(19)28/h4-7,12,15-16,24,30H,2-3,8-11,13-14H2,1H3. The molecule has 7 heteroatoms. The third-order valence-corrected chi connectivity index (χ3v) is 6.76. The number of benzene rings is 2. The van der Waals surface area contributed by atoms with Crippen LogP contribution in [0.1, 0.15) is 51.0 Å². The van der Waals surface area contributed by atoms with Crippen LogP contribution >= 0.6 is 0 Å². The van der Waals surface area contributed by atoms with E-state index < -0.39 is 28.9 Å². The van der Waals surface area contributed by atoms with Gasteiger partial charge in [0.2, 0.25) is 0 Å². The average molecular weight is 452 g/mol. The van der Waals surface area contributed by atoms with Gasteiger partial charge < -0.3 is 14.6 Å². The molecule has 0 amide bonds. The van der Waals surface area contributed by atoms with Crippen molar-refractivity contribution in [3.8, 4) is 11.1 Å². The summed E-state index contributed by atoms with van der Waals surface area (Å²) in [6.07, 6.45) is 4.06. The zero-order valence-corrected chi connectivity index (χ0v) is 18.1. The normalized spacial score (nSPS) is 28.6. The van der Waals surface area contributed by atoms with Crippen LogP contribution in [0.2, 0.25) is 0 Å². The van der Waals surface area contributed by atoms with Crippen LogP contribution in [0.3, 0.4) is 0 Å². The van der Waals surface area contributed by atoms with Crippen LogP contribution in [-0.4, -0.2) is 24.6 Å². The topological polar surface area (TPSA) is 38.7 Å². The number of ether oxygens (including phenoxy) is 2. The monoisotopic (exact) mass is 452 g/mol. The maximum atomic E-state index is 14.8. The van der Waals surface area contributed by atoms with Crippen LogP contribution in [0, 0.1) is 35.1 Å². The molecule has 0 bridgehead atoms. The Balaban J connectivity index is 1.44. The highest BCUT2D eigenvalue weighted by Crippen LogP contribution is 2.43. The predicted molar refractivity (Wildman–Crippen MR) is 112 cm³/mol. The van der Waals surface area contributed by atoms with E-state index in [0.717, 1.165) is 31.0 Å². The summed E-state index contributed by atoms with van der Waals surface area (Å²) in [5.41, 5.74) is -1.39. The van der Waals surface area contributed by atoms with Crippen LogP contribution in [0.15, 0.2) is 30.3 Å². The molecule has 0 aromatic heterocycles. The maximum absolute atomic E-state index is 14.8. The fraction of sp³-hybridized carbons (Fsp3) is 0.520. The van der Waals surface area contributed by atoms with Crippen molar-refractivity contribution in [1.82, 2.24) is 0 Å². The number of aliphatic hydroxyl groups is 1. The van der Waals surface area contributed by atoms with E-state index in [4.69, 9.17) is 9.47 Å². The van der Waals surface area contributed by atoms with E-state index in [1.807, 2.05) is 0 Å². The maximum Gasteiger partial charge on any atom is 0.195 e. The van der Waals surface area contributed by atoms with Crippen LogP contribution in [-0.2, 0) is 15.1 Å². The Bertz CT molecular complexity index is 948. The van der Waals surface area contributed by atoms with Gasteiger partial charge in [-0.3, -0.25) is 0 Å². The Labute approximate surface area is 185 Å². The number of hydrogen-bond donors (Lipinski definition) is 1. The van der Waals surface area contributed by atoms with E-state index in [1.54, 1.807) is 0 Å². The number of rotatable bonds is 5. The molecule has 1 saturated heterocycles. The van der Waals surface area contributed by atoms with Gasteiger partial charge in [-0.2, -0.15) is 0 Å². The molecule has 1 N–H and O–H groups in total. The first-order valence-electron chi connectivity index (χ1n) is 11.2. The Morgan fingerprint density at radius 2 is 1.56 bits per heavy atom. The Morgan fingerprint density at radius 1 is 0.906 bits per heavy atom. The molecule has 1 aliphatic heterocycles. The molecule has 0 radical (unpaired) electrons. The second-order valence-corrected chi connectivity index (χ2v) is 8.98. The van der Waals surface area contributed by atoms with Gasteiger partial charge in [-0.15, -0.1) is 0 Å². The first-order valence-corrected chi connectivity index (χ1v) is 11.2. The molecule has 32 heavy (non-hydrogen) atoms. The molecular formula is C25H28F4O3. The van der Waals surface area contributed by atoms with Gasteiger partial charge in [0, 0.05) is 23.0 Å². The molecule has 1 aliphatic carbocycles. The summed E-state index contributed by atoms with van der Waals surface area (Å²) in [5.74, 6) is -4.62. The first-order chi connectivity index (χ1) is 15.3. The molecular weight excluding hydrogens is 424 g/mol. The number of hydrogen-bond acceptors (Lipinski definition) is 3. The molecule has 2 aromatic carbocycles. The molecule has 4 rings (SSSR count). The van der Waals surface area contributed by atoms with E-state index in [9.17, 15) is 22.7 Å². The van der Waals surface area contributed by atoms with Crippen molar-refractivity contribution in [2.45, 2.75) is 57.3 Å². The lowest BCUT2D eigenvalue weighted by atomic mass is 9.74. The van der Waals surface area contributed by atoms with Gasteiger partial charge in [0.15, 0.2) is 23.7 Å². The van der Waals surface area contributed by atoms with E-state index in [-0.39, 0.29) is 23.3 Å². The lowest BCUT2D eigenvalue weighted by molar-refractivity contribution is -0.233. The van der Waals surface area contributed by atoms with Crippen molar-refractivity contribution in [2.75, 3.05) is 13.2 Å². The van der Waals surface area contributed by atoms with Gasteiger partial charge in [-0.25, -0.2) is 17.6 Å². The van der Waals surface area contributed by atoms with Crippen molar-refractivity contribution in [2.24, 2.45) is 11.8 Å². The van der Waals surface area contributed by atoms with Gasteiger partial charge in [-0.05, 0) is 55.9 Å². The predicted octanol–water partition coefficient (Wildman–Crippen LogP) is 6.08. The molecule has 0 spiro atoms. The van der Waals surface area contributed by atoms with Gasteiger partial charge in [0.1, 0.15) is 5.82 Å².